The van der Waals surface area contributed by atoms with Crippen LogP contribution in [0.1, 0.15) is 17.2 Å². The molecular weight excluding hydrogens is 259 g/mol. The van der Waals surface area contributed by atoms with Gasteiger partial charge in [-0.15, -0.1) is 0 Å². The van der Waals surface area contributed by atoms with Crippen molar-refractivity contribution in [1.82, 2.24) is 5.32 Å². The SMILES string of the molecule is CNC(COCCOC)c1ccccc1C(F)(F)F. The average molecular weight is 277 g/mol. The quantitative estimate of drug-likeness (QED) is 0.777. The summed E-state index contributed by atoms with van der Waals surface area (Å²) >= 11 is 0. The monoisotopic (exact) mass is 277 g/mol. The Morgan fingerprint density at radius 1 is 1.21 bits per heavy atom. The van der Waals surface area contributed by atoms with Gasteiger partial charge in [-0.3, -0.25) is 0 Å². The van der Waals surface area contributed by atoms with Crippen LogP contribution in [-0.2, 0) is 15.7 Å². The van der Waals surface area contributed by atoms with E-state index in [0.717, 1.165) is 6.07 Å². The van der Waals surface area contributed by atoms with Crippen LogP contribution in [0.15, 0.2) is 24.3 Å². The smallest absolute Gasteiger partial charge is 0.382 e. The molecule has 1 unspecified atom stereocenters. The first-order valence-electron chi connectivity index (χ1n) is 5.90. The normalized spacial score (nSPS) is 13.5. The highest BCUT2D eigenvalue weighted by atomic mass is 19.4. The van der Waals surface area contributed by atoms with Crippen LogP contribution in [0.5, 0.6) is 0 Å². The first kappa shape index (κ1) is 15.9. The lowest BCUT2D eigenvalue weighted by Crippen LogP contribution is -2.25. The number of likely N-dealkylation sites (N-methyl/N-ethyl adjacent to an activating group) is 1. The van der Waals surface area contributed by atoms with Crippen molar-refractivity contribution in [3.05, 3.63) is 35.4 Å². The van der Waals surface area contributed by atoms with Gasteiger partial charge >= 0.3 is 6.18 Å². The Kier molecular flexibility index (Phi) is 6.27. The maximum atomic E-state index is 12.9. The Hall–Kier alpha value is -1.11. The minimum Gasteiger partial charge on any atom is -0.382 e. The standard InChI is InChI=1S/C13H18F3NO2/c1-17-12(9-19-8-7-18-2)10-5-3-4-6-11(10)13(14,15)16/h3-6,12,17H,7-9H2,1-2H3. The summed E-state index contributed by atoms with van der Waals surface area (Å²) in [7, 11) is 3.15. The Balaban J connectivity index is 2.80. The second kappa shape index (κ2) is 7.47. The molecule has 19 heavy (non-hydrogen) atoms. The number of rotatable bonds is 7. The van der Waals surface area contributed by atoms with E-state index in [1.165, 1.54) is 19.2 Å². The molecule has 0 bridgehead atoms. The number of halogens is 3. The maximum Gasteiger partial charge on any atom is 0.416 e. The van der Waals surface area contributed by atoms with E-state index in [2.05, 4.69) is 5.32 Å². The molecule has 0 amide bonds. The molecule has 1 aromatic carbocycles. The third kappa shape index (κ3) is 4.81. The van der Waals surface area contributed by atoms with Gasteiger partial charge in [0.1, 0.15) is 0 Å². The lowest BCUT2D eigenvalue weighted by atomic mass is 10.0. The molecule has 0 aromatic heterocycles. The topological polar surface area (TPSA) is 30.5 Å². The Morgan fingerprint density at radius 2 is 1.89 bits per heavy atom. The summed E-state index contributed by atoms with van der Waals surface area (Å²) in [5.41, 5.74) is -0.445. The molecule has 0 saturated carbocycles. The summed E-state index contributed by atoms with van der Waals surface area (Å²) in [6.07, 6.45) is -4.36. The predicted octanol–water partition coefficient (Wildman–Crippen LogP) is 2.63. The molecule has 0 radical (unpaired) electrons. The van der Waals surface area contributed by atoms with Crippen LogP contribution >= 0.6 is 0 Å². The molecule has 0 heterocycles. The molecule has 1 aromatic rings. The minimum atomic E-state index is -4.36. The predicted molar refractivity (Wildman–Crippen MR) is 65.9 cm³/mol. The fourth-order valence-electron chi connectivity index (χ4n) is 1.73. The van der Waals surface area contributed by atoms with E-state index in [9.17, 15) is 13.2 Å². The van der Waals surface area contributed by atoms with Gasteiger partial charge in [-0.1, -0.05) is 18.2 Å². The van der Waals surface area contributed by atoms with Crippen molar-refractivity contribution < 1.29 is 22.6 Å². The fourth-order valence-corrected chi connectivity index (χ4v) is 1.73. The van der Waals surface area contributed by atoms with Crippen LogP contribution in [-0.4, -0.2) is 34.0 Å². The van der Waals surface area contributed by atoms with Gasteiger partial charge in [0.2, 0.25) is 0 Å². The lowest BCUT2D eigenvalue weighted by molar-refractivity contribution is -0.138. The Labute approximate surface area is 110 Å². The van der Waals surface area contributed by atoms with E-state index in [4.69, 9.17) is 9.47 Å². The lowest BCUT2D eigenvalue weighted by Gasteiger charge is -2.21. The van der Waals surface area contributed by atoms with Crippen molar-refractivity contribution in [3.8, 4) is 0 Å². The van der Waals surface area contributed by atoms with Crippen molar-refractivity contribution >= 4 is 0 Å². The van der Waals surface area contributed by atoms with Gasteiger partial charge in [0, 0.05) is 7.11 Å². The zero-order valence-corrected chi connectivity index (χ0v) is 11.0. The number of nitrogens with one attached hydrogen (secondary N) is 1. The zero-order chi connectivity index (χ0) is 14.3. The van der Waals surface area contributed by atoms with Crippen molar-refractivity contribution in [3.63, 3.8) is 0 Å². The van der Waals surface area contributed by atoms with E-state index in [0.29, 0.717) is 13.2 Å². The zero-order valence-electron chi connectivity index (χ0n) is 11.0. The highest BCUT2D eigenvalue weighted by Gasteiger charge is 2.34. The van der Waals surface area contributed by atoms with E-state index in [-0.39, 0.29) is 12.2 Å². The molecule has 108 valence electrons. The van der Waals surface area contributed by atoms with Crippen molar-refractivity contribution in [2.45, 2.75) is 12.2 Å². The minimum absolute atomic E-state index is 0.160. The highest BCUT2D eigenvalue weighted by Crippen LogP contribution is 2.34. The molecule has 0 spiro atoms. The molecule has 0 aliphatic rings. The molecule has 3 nitrogen and oxygen atoms in total. The number of methoxy groups -OCH3 is 1. The summed E-state index contributed by atoms with van der Waals surface area (Å²) in [6.45, 7) is 0.924. The third-order valence-corrected chi connectivity index (χ3v) is 2.71. The Bertz CT molecular complexity index is 382. The largest absolute Gasteiger partial charge is 0.416 e. The highest BCUT2D eigenvalue weighted by molar-refractivity contribution is 5.32. The molecule has 1 N–H and O–H groups in total. The van der Waals surface area contributed by atoms with Crippen molar-refractivity contribution in [2.24, 2.45) is 0 Å². The van der Waals surface area contributed by atoms with Crippen LogP contribution in [0.3, 0.4) is 0 Å². The van der Waals surface area contributed by atoms with Gasteiger partial charge in [-0.2, -0.15) is 13.2 Å². The summed E-state index contributed by atoms with van der Waals surface area (Å²) < 4.78 is 48.8. The van der Waals surface area contributed by atoms with E-state index < -0.39 is 17.8 Å². The van der Waals surface area contributed by atoms with E-state index in [1.54, 1.807) is 13.1 Å². The summed E-state index contributed by atoms with van der Waals surface area (Å²) in [6, 6.07) is 5.00. The van der Waals surface area contributed by atoms with Gasteiger partial charge in [-0.05, 0) is 18.7 Å². The van der Waals surface area contributed by atoms with Gasteiger partial charge in [0.15, 0.2) is 0 Å². The molecule has 1 rings (SSSR count). The van der Waals surface area contributed by atoms with E-state index >= 15 is 0 Å². The van der Waals surface area contributed by atoms with Crippen LogP contribution in [0.4, 0.5) is 13.2 Å². The van der Waals surface area contributed by atoms with E-state index in [1.807, 2.05) is 0 Å². The molecular formula is C13H18F3NO2. The third-order valence-electron chi connectivity index (χ3n) is 2.71. The first-order valence-corrected chi connectivity index (χ1v) is 5.90. The Morgan fingerprint density at radius 3 is 2.47 bits per heavy atom. The van der Waals surface area contributed by atoms with Gasteiger partial charge in [-0.25, -0.2) is 0 Å². The molecule has 0 fully saturated rings. The van der Waals surface area contributed by atoms with Crippen LogP contribution in [0.25, 0.3) is 0 Å². The maximum absolute atomic E-state index is 12.9. The van der Waals surface area contributed by atoms with Crippen molar-refractivity contribution in [2.75, 3.05) is 34.0 Å². The van der Waals surface area contributed by atoms with Crippen LogP contribution in [0, 0.1) is 0 Å². The van der Waals surface area contributed by atoms with Crippen molar-refractivity contribution in [1.29, 1.82) is 0 Å². The average Bonchev–Trinajstić information content (AvgIpc) is 2.38. The number of alkyl halides is 3. The number of ether oxygens (including phenoxy) is 2. The number of hydrogen-bond donors (Lipinski definition) is 1. The van der Waals surface area contributed by atoms with Gasteiger partial charge in [0.25, 0.3) is 0 Å². The number of hydrogen-bond acceptors (Lipinski definition) is 3. The summed E-state index contributed by atoms with van der Waals surface area (Å²) in [4.78, 5) is 0. The molecule has 0 aliphatic carbocycles. The number of benzene rings is 1. The second-order valence-electron chi connectivity index (χ2n) is 3.99. The first-order chi connectivity index (χ1) is 9.00. The second-order valence-corrected chi connectivity index (χ2v) is 3.99. The van der Waals surface area contributed by atoms with Gasteiger partial charge < -0.3 is 14.8 Å². The fraction of sp³-hybridized carbons (Fsp3) is 0.538. The molecule has 6 heteroatoms. The molecule has 0 saturated heterocycles. The van der Waals surface area contributed by atoms with Crippen LogP contribution < -0.4 is 5.32 Å². The molecule has 0 aliphatic heterocycles. The van der Waals surface area contributed by atoms with Gasteiger partial charge in [0.05, 0.1) is 31.4 Å². The molecule has 1 atom stereocenters. The summed E-state index contributed by atoms with van der Waals surface area (Å²) in [5.74, 6) is 0. The van der Waals surface area contributed by atoms with Crippen LogP contribution in [0.2, 0.25) is 0 Å². The summed E-state index contributed by atoms with van der Waals surface area (Å²) in [5, 5.41) is 2.84.